The largest absolute Gasteiger partial charge is 0.128 e. The van der Waals surface area contributed by atoms with Crippen LogP contribution in [0.4, 0.5) is 0 Å². The summed E-state index contributed by atoms with van der Waals surface area (Å²) >= 11 is 13.3. The first-order chi connectivity index (χ1) is 6.15. The van der Waals surface area contributed by atoms with Crippen molar-refractivity contribution in [3.05, 3.63) is 21.3 Å². The molecule has 0 saturated heterocycles. The first-order valence-corrected chi connectivity index (χ1v) is 6.19. The third-order valence-corrected chi connectivity index (χ3v) is 3.77. The summed E-state index contributed by atoms with van der Waals surface area (Å²) in [5.41, 5.74) is 0. The summed E-state index contributed by atoms with van der Waals surface area (Å²) in [6.07, 6.45) is 1.04. The molecule has 0 aliphatic carbocycles. The van der Waals surface area contributed by atoms with E-state index < -0.39 is 0 Å². The number of thiophene rings is 1. The smallest absolute Gasteiger partial charge is 0.0931 e. The lowest BCUT2D eigenvalue weighted by Crippen LogP contribution is -2.05. The van der Waals surface area contributed by atoms with Crippen molar-refractivity contribution in [2.45, 2.75) is 26.2 Å². The van der Waals surface area contributed by atoms with Gasteiger partial charge in [0.15, 0.2) is 0 Å². The molecule has 0 spiro atoms. The van der Waals surface area contributed by atoms with Gasteiger partial charge in [-0.25, -0.2) is 0 Å². The van der Waals surface area contributed by atoms with Crippen molar-refractivity contribution in [2.75, 3.05) is 5.88 Å². The second-order valence-corrected chi connectivity index (χ2v) is 5.59. The summed E-state index contributed by atoms with van der Waals surface area (Å²) in [6.45, 7) is 4.45. The van der Waals surface area contributed by atoms with E-state index in [1.807, 2.05) is 6.07 Å². The predicted octanol–water partition coefficient (Wildman–Crippen LogP) is 4.77. The molecule has 0 nitrogen and oxygen atoms in total. The molecule has 1 aromatic rings. The monoisotopic (exact) mass is 236 g/mol. The molecule has 1 rings (SSSR count). The molecule has 0 fully saturated rings. The number of hydrogen-bond acceptors (Lipinski definition) is 1. The molecule has 0 aliphatic heterocycles. The first-order valence-electron chi connectivity index (χ1n) is 4.46. The Bertz CT molecular complexity index is 255. The number of hydrogen-bond donors (Lipinski definition) is 0. The molecule has 0 saturated carbocycles. The summed E-state index contributed by atoms with van der Waals surface area (Å²) < 4.78 is 0.871. The lowest BCUT2D eigenvalue weighted by molar-refractivity contribution is 0.494. The van der Waals surface area contributed by atoms with Gasteiger partial charge in [-0.3, -0.25) is 0 Å². The zero-order valence-corrected chi connectivity index (χ0v) is 10.2. The summed E-state index contributed by atoms with van der Waals surface area (Å²) in [5, 5.41) is 0. The van der Waals surface area contributed by atoms with Crippen molar-refractivity contribution in [3.63, 3.8) is 0 Å². The number of rotatable bonds is 4. The minimum absolute atomic E-state index is 0.565. The molecule has 0 amide bonds. The van der Waals surface area contributed by atoms with Crippen molar-refractivity contribution in [1.82, 2.24) is 0 Å². The van der Waals surface area contributed by atoms with Gasteiger partial charge in [0.2, 0.25) is 0 Å². The molecule has 74 valence electrons. The molecule has 1 unspecified atom stereocenters. The van der Waals surface area contributed by atoms with Crippen LogP contribution in [-0.4, -0.2) is 5.88 Å². The van der Waals surface area contributed by atoms with Crippen molar-refractivity contribution >= 4 is 34.5 Å². The molecular formula is C10H14Cl2S. The summed E-state index contributed by atoms with van der Waals surface area (Å²) in [4.78, 5) is 1.36. The lowest BCUT2D eigenvalue weighted by atomic mass is 9.92. The Labute approximate surface area is 93.9 Å². The lowest BCUT2D eigenvalue weighted by Gasteiger charge is -2.17. The van der Waals surface area contributed by atoms with Crippen LogP contribution in [0, 0.1) is 5.92 Å². The second-order valence-electron chi connectivity index (χ2n) is 3.47. The molecular weight excluding hydrogens is 223 g/mol. The van der Waals surface area contributed by atoms with Gasteiger partial charge in [-0.05, 0) is 30.4 Å². The van der Waals surface area contributed by atoms with Crippen molar-refractivity contribution < 1.29 is 0 Å². The Balaban J connectivity index is 2.75. The SMILES string of the molecule is CC(C)C(CCCl)c1ccc(Cl)s1. The van der Waals surface area contributed by atoms with E-state index >= 15 is 0 Å². The van der Waals surface area contributed by atoms with Gasteiger partial charge in [-0.15, -0.1) is 22.9 Å². The van der Waals surface area contributed by atoms with Gasteiger partial charge in [-0.1, -0.05) is 25.4 Å². The van der Waals surface area contributed by atoms with Crippen LogP contribution in [-0.2, 0) is 0 Å². The van der Waals surface area contributed by atoms with Crippen LogP contribution in [0.25, 0.3) is 0 Å². The van der Waals surface area contributed by atoms with E-state index in [1.54, 1.807) is 11.3 Å². The standard InChI is InChI=1S/C10H14Cl2S/c1-7(2)8(5-6-11)9-3-4-10(12)13-9/h3-4,7-8H,5-6H2,1-2H3. The average molecular weight is 237 g/mol. The van der Waals surface area contributed by atoms with Gasteiger partial charge in [0.05, 0.1) is 4.34 Å². The maximum absolute atomic E-state index is 5.89. The van der Waals surface area contributed by atoms with E-state index in [0.29, 0.717) is 11.8 Å². The third kappa shape index (κ3) is 3.16. The minimum atomic E-state index is 0.565. The van der Waals surface area contributed by atoms with Crippen LogP contribution >= 0.6 is 34.5 Å². The van der Waals surface area contributed by atoms with Gasteiger partial charge in [0, 0.05) is 10.8 Å². The van der Waals surface area contributed by atoms with E-state index in [2.05, 4.69) is 19.9 Å². The van der Waals surface area contributed by atoms with Crippen LogP contribution in [0.15, 0.2) is 12.1 Å². The van der Waals surface area contributed by atoms with Crippen molar-refractivity contribution in [2.24, 2.45) is 5.92 Å². The quantitative estimate of drug-likeness (QED) is 0.661. The third-order valence-electron chi connectivity index (χ3n) is 2.18. The number of alkyl halides is 1. The highest BCUT2D eigenvalue weighted by atomic mass is 35.5. The highest BCUT2D eigenvalue weighted by Crippen LogP contribution is 2.34. The molecule has 13 heavy (non-hydrogen) atoms. The topological polar surface area (TPSA) is 0 Å². The van der Waals surface area contributed by atoms with Crippen molar-refractivity contribution in [3.8, 4) is 0 Å². The fourth-order valence-electron chi connectivity index (χ4n) is 1.45. The highest BCUT2D eigenvalue weighted by Gasteiger charge is 2.16. The van der Waals surface area contributed by atoms with E-state index in [4.69, 9.17) is 23.2 Å². The van der Waals surface area contributed by atoms with E-state index in [1.165, 1.54) is 4.88 Å². The fourth-order valence-corrected chi connectivity index (χ4v) is 3.05. The summed E-state index contributed by atoms with van der Waals surface area (Å²) in [7, 11) is 0. The molecule has 0 bridgehead atoms. The van der Waals surface area contributed by atoms with Crippen LogP contribution in [0.3, 0.4) is 0 Å². The van der Waals surface area contributed by atoms with Gasteiger partial charge >= 0.3 is 0 Å². The Morgan fingerprint density at radius 2 is 2.08 bits per heavy atom. The van der Waals surface area contributed by atoms with Crippen LogP contribution in [0.5, 0.6) is 0 Å². The Kier molecular flexibility index (Phi) is 4.57. The second kappa shape index (κ2) is 5.23. The molecule has 1 heterocycles. The molecule has 1 aromatic heterocycles. The van der Waals surface area contributed by atoms with E-state index in [-0.39, 0.29) is 0 Å². The molecule has 0 aliphatic rings. The first kappa shape index (κ1) is 11.4. The summed E-state index contributed by atoms with van der Waals surface area (Å²) in [6, 6.07) is 4.08. The van der Waals surface area contributed by atoms with E-state index in [0.717, 1.165) is 16.6 Å². The normalized spacial score (nSPS) is 13.6. The van der Waals surface area contributed by atoms with E-state index in [9.17, 15) is 0 Å². The zero-order chi connectivity index (χ0) is 9.84. The van der Waals surface area contributed by atoms with Gasteiger partial charge < -0.3 is 0 Å². The van der Waals surface area contributed by atoms with Crippen LogP contribution in [0.1, 0.15) is 31.1 Å². The average Bonchev–Trinajstić information content (AvgIpc) is 2.46. The van der Waals surface area contributed by atoms with Gasteiger partial charge in [0.25, 0.3) is 0 Å². The molecule has 0 aromatic carbocycles. The predicted molar refractivity (Wildman–Crippen MR) is 62.2 cm³/mol. The molecule has 3 heteroatoms. The zero-order valence-electron chi connectivity index (χ0n) is 7.89. The minimum Gasteiger partial charge on any atom is -0.128 e. The van der Waals surface area contributed by atoms with Gasteiger partial charge in [-0.2, -0.15) is 0 Å². The molecule has 0 N–H and O–H groups in total. The Morgan fingerprint density at radius 3 is 2.46 bits per heavy atom. The Hall–Kier alpha value is 0.280. The maximum atomic E-state index is 5.89. The molecule has 1 atom stereocenters. The summed E-state index contributed by atoms with van der Waals surface area (Å²) in [5.74, 6) is 1.92. The van der Waals surface area contributed by atoms with Crippen LogP contribution in [0.2, 0.25) is 4.34 Å². The van der Waals surface area contributed by atoms with Gasteiger partial charge in [0.1, 0.15) is 0 Å². The maximum Gasteiger partial charge on any atom is 0.0931 e. The van der Waals surface area contributed by atoms with Crippen molar-refractivity contribution in [1.29, 1.82) is 0 Å². The molecule has 0 radical (unpaired) electrons. The fraction of sp³-hybridized carbons (Fsp3) is 0.600. The Morgan fingerprint density at radius 1 is 1.38 bits per heavy atom. The highest BCUT2D eigenvalue weighted by molar-refractivity contribution is 7.16. The number of halogens is 2. The van der Waals surface area contributed by atoms with Crippen LogP contribution < -0.4 is 0 Å².